The molecule has 0 radical (unpaired) electrons. The zero-order valence-corrected chi connectivity index (χ0v) is 12.8. The highest BCUT2D eigenvalue weighted by Crippen LogP contribution is 2.30. The van der Waals surface area contributed by atoms with Gasteiger partial charge in [0.1, 0.15) is 0 Å². The number of aryl methyl sites for hydroxylation is 1. The molecule has 3 rings (SSSR count). The molecule has 1 fully saturated rings. The van der Waals surface area contributed by atoms with Crippen LogP contribution in [0.25, 0.3) is 11.5 Å². The summed E-state index contributed by atoms with van der Waals surface area (Å²) >= 11 is 0. The van der Waals surface area contributed by atoms with E-state index < -0.39 is 0 Å². The third-order valence-electron chi connectivity index (χ3n) is 4.30. The van der Waals surface area contributed by atoms with E-state index in [9.17, 15) is 0 Å². The van der Waals surface area contributed by atoms with Crippen molar-refractivity contribution >= 4 is 5.69 Å². The lowest BCUT2D eigenvalue weighted by molar-refractivity contribution is 0.502. The average Bonchev–Trinajstić information content (AvgIpc) is 2.81. The lowest BCUT2D eigenvalue weighted by Crippen LogP contribution is -2.18. The molecule has 0 amide bonds. The van der Waals surface area contributed by atoms with Crippen molar-refractivity contribution in [1.29, 1.82) is 0 Å². The quantitative estimate of drug-likeness (QED) is 0.848. The van der Waals surface area contributed by atoms with Crippen LogP contribution in [0.3, 0.4) is 0 Å². The van der Waals surface area contributed by atoms with E-state index in [-0.39, 0.29) is 0 Å². The highest BCUT2D eigenvalue weighted by Gasteiger charge is 2.18. The zero-order valence-electron chi connectivity index (χ0n) is 12.8. The van der Waals surface area contributed by atoms with Gasteiger partial charge in [-0.1, -0.05) is 31.9 Å². The van der Waals surface area contributed by atoms with E-state index in [1.54, 1.807) is 0 Å². The van der Waals surface area contributed by atoms with Gasteiger partial charge in [0.05, 0.1) is 5.56 Å². The van der Waals surface area contributed by atoms with Crippen molar-refractivity contribution in [2.24, 2.45) is 5.92 Å². The van der Waals surface area contributed by atoms with Crippen molar-refractivity contribution in [3.63, 3.8) is 0 Å². The summed E-state index contributed by atoms with van der Waals surface area (Å²) in [5.41, 5.74) is 2.09. The predicted molar refractivity (Wildman–Crippen MR) is 84.1 cm³/mol. The lowest BCUT2D eigenvalue weighted by Gasteiger charge is -2.19. The third kappa shape index (κ3) is 3.43. The topological polar surface area (TPSA) is 51.0 Å². The van der Waals surface area contributed by atoms with Gasteiger partial charge in [0, 0.05) is 18.7 Å². The van der Waals surface area contributed by atoms with Gasteiger partial charge in [-0.3, -0.25) is 0 Å². The molecule has 0 bridgehead atoms. The van der Waals surface area contributed by atoms with Gasteiger partial charge >= 0.3 is 0 Å². The molecule has 1 aliphatic rings. The first-order valence-electron chi connectivity index (χ1n) is 7.88. The summed E-state index contributed by atoms with van der Waals surface area (Å²) in [7, 11) is 0. The molecule has 4 nitrogen and oxygen atoms in total. The fraction of sp³-hybridized carbons (Fsp3) is 0.529. The Hall–Kier alpha value is -1.84. The number of aromatic nitrogens is 2. The fourth-order valence-corrected chi connectivity index (χ4v) is 3.05. The first-order chi connectivity index (χ1) is 10.2. The molecule has 21 heavy (non-hydrogen) atoms. The Morgan fingerprint density at radius 1 is 1.10 bits per heavy atom. The Balaban J connectivity index is 1.79. The van der Waals surface area contributed by atoms with Crippen molar-refractivity contribution in [2.45, 2.75) is 52.0 Å². The second kappa shape index (κ2) is 6.29. The van der Waals surface area contributed by atoms with Gasteiger partial charge in [-0.15, -0.1) is 10.2 Å². The molecule has 4 heteroatoms. The van der Waals surface area contributed by atoms with Crippen LogP contribution in [0.5, 0.6) is 0 Å². The maximum atomic E-state index is 5.58. The van der Waals surface area contributed by atoms with E-state index in [0.717, 1.165) is 17.2 Å². The van der Waals surface area contributed by atoms with Gasteiger partial charge in [-0.25, -0.2) is 0 Å². The van der Waals surface area contributed by atoms with E-state index in [2.05, 4.69) is 28.5 Å². The predicted octanol–water partition coefficient (Wildman–Crippen LogP) is 4.43. The molecule has 1 aliphatic carbocycles. The number of para-hydroxylation sites is 1. The maximum Gasteiger partial charge on any atom is 0.249 e. The average molecular weight is 285 g/mol. The first kappa shape index (κ1) is 14.1. The zero-order chi connectivity index (χ0) is 14.7. The molecular formula is C17H23N3O. The third-order valence-corrected chi connectivity index (χ3v) is 4.30. The van der Waals surface area contributed by atoms with E-state index in [0.29, 0.717) is 17.8 Å². The monoisotopic (exact) mass is 285 g/mol. The molecule has 1 saturated carbocycles. The summed E-state index contributed by atoms with van der Waals surface area (Å²) in [5.74, 6) is 2.05. The highest BCUT2D eigenvalue weighted by atomic mass is 16.4. The SMILES string of the molecule is Cc1nnc(-c2ccccc2NC2CCCC(C)CC2)o1. The summed E-state index contributed by atoms with van der Waals surface area (Å²) < 4.78 is 5.58. The van der Waals surface area contributed by atoms with Crippen LogP contribution in [0.1, 0.15) is 44.9 Å². The first-order valence-corrected chi connectivity index (χ1v) is 7.88. The van der Waals surface area contributed by atoms with Crippen molar-refractivity contribution in [1.82, 2.24) is 10.2 Å². The molecule has 112 valence electrons. The van der Waals surface area contributed by atoms with E-state index >= 15 is 0 Å². The van der Waals surface area contributed by atoms with E-state index in [1.807, 2.05) is 25.1 Å². The number of hydrogen-bond donors (Lipinski definition) is 1. The Labute approximate surface area is 126 Å². The van der Waals surface area contributed by atoms with Crippen LogP contribution in [0.4, 0.5) is 5.69 Å². The summed E-state index contributed by atoms with van der Waals surface area (Å²) in [6.45, 7) is 4.18. The normalized spacial score (nSPS) is 22.8. The minimum atomic E-state index is 0.542. The van der Waals surface area contributed by atoms with E-state index in [4.69, 9.17) is 4.42 Å². The molecule has 1 aromatic carbocycles. The highest BCUT2D eigenvalue weighted by molar-refractivity contribution is 5.72. The number of nitrogens with one attached hydrogen (secondary N) is 1. The summed E-state index contributed by atoms with van der Waals surface area (Å²) in [4.78, 5) is 0. The van der Waals surface area contributed by atoms with Crippen molar-refractivity contribution < 1.29 is 4.42 Å². The molecular weight excluding hydrogens is 262 g/mol. The van der Waals surface area contributed by atoms with Crippen molar-refractivity contribution in [3.8, 4) is 11.5 Å². The molecule has 0 aliphatic heterocycles. The second-order valence-corrected chi connectivity index (χ2v) is 6.13. The van der Waals surface area contributed by atoms with Gasteiger partial charge < -0.3 is 9.73 Å². The summed E-state index contributed by atoms with van der Waals surface area (Å²) in [6.07, 6.45) is 6.43. The van der Waals surface area contributed by atoms with Crippen LogP contribution in [0.15, 0.2) is 28.7 Å². The number of benzene rings is 1. The second-order valence-electron chi connectivity index (χ2n) is 6.13. The smallest absolute Gasteiger partial charge is 0.249 e. The van der Waals surface area contributed by atoms with Gasteiger partial charge in [-0.2, -0.15) is 0 Å². The van der Waals surface area contributed by atoms with Crippen LogP contribution < -0.4 is 5.32 Å². The van der Waals surface area contributed by atoms with Gasteiger partial charge in [0.15, 0.2) is 0 Å². The fourth-order valence-electron chi connectivity index (χ4n) is 3.05. The van der Waals surface area contributed by atoms with Gasteiger partial charge in [0.25, 0.3) is 0 Å². The minimum Gasteiger partial charge on any atom is -0.421 e. The molecule has 2 atom stereocenters. The number of nitrogens with zero attached hydrogens (tertiary/aromatic N) is 2. The van der Waals surface area contributed by atoms with Crippen LogP contribution in [-0.2, 0) is 0 Å². The van der Waals surface area contributed by atoms with Crippen LogP contribution in [0.2, 0.25) is 0 Å². The molecule has 0 saturated heterocycles. The number of rotatable bonds is 3. The molecule has 1 N–H and O–H groups in total. The van der Waals surface area contributed by atoms with Crippen LogP contribution in [0, 0.1) is 12.8 Å². The molecule has 2 aromatic rings. The summed E-state index contributed by atoms with van der Waals surface area (Å²) in [6, 6.07) is 8.74. The van der Waals surface area contributed by atoms with Crippen LogP contribution in [-0.4, -0.2) is 16.2 Å². The van der Waals surface area contributed by atoms with Crippen molar-refractivity contribution in [3.05, 3.63) is 30.2 Å². The standard InChI is InChI=1S/C17H23N3O/c1-12-6-5-7-14(11-10-12)18-16-9-4-3-8-15(16)17-20-19-13(2)21-17/h3-4,8-9,12,14,18H,5-7,10-11H2,1-2H3. The Kier molecular flexibility index (Phi) is 4.23. The Morgan fingerprint density at radius 3 is 2.76 bits per heavy atom. The lowest BCUT2D eigenvalue weighted by atomic mass is 10.0. The maximum absolute atomic E-state index is 5.58. The summed E-state index contributed by atoms with van der Waals surface area (Å²) in [5, 5.41) is 11.8. The molecule has 0 spiro atoms. The molecule has 1 heterocycles. The van der Waals surface area contributed by atoms with Crippen molar-refractivity contribution in [2.75, 3.05) is 5.32 Å². The van der Waals surface area contributed by atoms with E-state index in [1.165, 1.54) is 32.1 Å². The number of anilines is 1. The van der Waals surface area contributed by atoms with Crippen LogP contribution >= 0.6 is 0 Å². The van der Waals surface area contributed by atoms with Gasteiger partial charge in [-0.05, 0) is 37.3 Å². The largest absolute Gasteiger partial charge is 0.421 e. The molecule has 2 unspecified atom stereocenters. The molecule has 1 aromatic heterocycles. The minimum absolute atomic E-state index is 0.542. The number of hydrogen-bond acceptors (Lipinski definition) is 4. The van der Waals surface area contributed by atoms with Gasteiger partial charge in [0.2, 0.25) is 11.8 Å². The Morgan fingerprint density at radius 2 is 1.95 bits per heavy atom. The Bertz CT molecular complexity index is 593.